The van der Waals surface area contributed by atoms with Crippen LogP contribution in [0.15, 0.2) is 72.8 Å². The average molecular weight is 469 g/mol. The normalized spacial score (nSPS) is 16.6. The molecule has 0 unspecified atom stereocenters. The zero-order valence-corrected chi connectivity index (χ0v) is 19.5. The first-order chi connectivity index (χ1) is 17.1. The van der Waals surface area contributed by atoms with E-state index in [1.165, 1.54) is 43.6 Å². The van der Waals surface area contributed by atoms with Crippen LogP contribution in [0.4, 0.5) is 17.1 Å². The summed E-state index contributed by atoms with van der Waals surface area (Å²) in [5.74, 6) is -0.287. The summed E-state index contributed by atoms with van der Waals surface area (Å²) in [6, 6.07) is 22.3. The summed E-state index contributed by atoms with van der Waals surface area (Å²) < 4.78 is 0. The van der Waals surface area contributed by atoms with Gasteiger partial charge in [0.1, 0.15) is 0 Å². The number of rotatable bonds is 8. The van der Waals surface area contributed by atoms with E-state index in [4.69, 9.17) is 0 Å². The standard InChI is InChI=1S/C28H28N4O3/c33-28-26(24-19-23(32(34)35)14-15-25(24)30-28)27(21-8-2-1-3-9-21)29-22-12-10-20(11-13-22)7-6-18-31-16-4-5-17-31/h1-3,8-15,19,29H,4-7,16-18H2,(H,30,33)/b27-26-. The van der Waals surface area contributed by atoms with Crippen LogP contribution in [-0.2, 0) is 11.2 Å². The fourth-order valence-electron chi connectivity index (χ4n) is 4.81. The number of benzene rings is 3. The molecular weight excluding hydrogens is 440 g/mol. The number of likely N-dealkylation sites (tertiary alicyclic amines) is 1. The maximum absolute atomic E-state index is 13.0. The summed E-state index contributed by atoms with van der Waals surface area (Å²) in [6.45, 7) is 3.59. The van der Waals surface area contributed by atoms with E-state index < -0.39 is 4.92 Å². The van der Waals surface area contributed by atoms with Crippen molar-refractivity contribution in [1.29, 1.82) is 0 Å². The summed E-state index contributed by atoms with van der Waals surface area (Å²) >= 11 is 0. The van der Waals surface area contributed by atoms with E-state index in [9.17, 15) is 14.9 Å². The summed E-state index contributed by atoms with van der Waals surface area (Å²) in [5.41, 5.74) is 5.01. The molecule has 2 aliphatic heterocycles. The van der Waals surface area contributed by atoms with Crippen LogP contribution in [0, 0.1) is 10.1 Å². The number of carbonyl (C=O) groups excluding carboxylic acids is 1. The number of nitrogens with one attached hydrogen (secondary N) is 2. The van der Waals surface area contributed by atoms with Crippen LogP contribution in [0.2, 0.25) is 0 Å². The minimum Gasteiger partial charge on any atom is -0.354 e. The number of aryl methyl sites for hydroxylation is 1. The first kappa shape index (κ1) is 22.8. The zero-order valence-electron chi connectivity index (χ0n) is 19.5. The van der Waals surface area contributed by atoms with E-state index in [0.29, 0.717) is 22.5 Å². The molecule has 2 aliphatic rings. The second kappa shape index (κ2) is 10.1. The van der Waals surface area contributed by atoms with Gasteiger partial charge in [0.05, 0.1) is 16.2 Å². The highest BCUT2D eigenvalue weighted by Gasteiger charge is 2.30. The Labute approximate surface area is 204 Å². The van der Waals surface area contributed by atoms with Crippen LogP contribution in [0.25, 0.3) is 11.3 Å². The molecule has 1 saturated heterocycles. The first-order valence-corrected chi connectivity index (χ1v) is 12.1. The van der Waals surface area contributed by atoms with Crippen molar-refractivity contribution in [3.8, 4) is 0 Å². The molecule has 178 valence electrons. The number of hydrogen-bond acceptors (Lipinski definition) is 5. The Morgan fingerprint density at radius 2 is 1.74 bits per heavy atom. The predicted octanol–water partition coefficient (Wildman–Crippen LogP) is 5.56. The lowest BCUT2D eigenvalue weighted by Crippen LogP contribution is -2.20. The van der Waals surface area contributed by atoms with Crippen molar-refractivity contribution in [2.75, 3.05) is 30.3 Å². The fourth-order valence-corrected chi connectivity index (χ4v) is 4.81. The molecule has 3 aromatic carbocycles. The lowest BCUT2D eigenvalue weighted by Gasteiger charge is -2.16. The number of fused-ring (bicyclic) bond motifs is 1. The van der Waals surface area contributed by atoms with E-state index in [0.717, 1.165) is 30.6 Å². The lowest BCUT2D eigenvalue weighted by atomic mass is 9.99. The molecule has 7 nitrogen and oxygen atoms in total. The predicted molar refractivity (Wildman–Crippen MR) is 139 cm³/mol. The van der Waals surface area contributed by atoms with E-state index in [1.54, 1.807) is 6.07 Å². The third-order valence-corrected chi connectivity index (χ3v) is 6.63. The van der Waals surface area contributed by atoms with Crippen LogP contribution in [0.3, 0.4) is 0 Å². The number of non-ortho nitro benzene ring substituents is 1. The van der Waals surface area contributed by atoms with E-state index in [2.05, 4.69) is 27.7 Å². The fraction of sp³-hybridized carbons (Fsp3) is 0.250. The van der Waals surface area contributed by atoms with E-state index in [-0.39, 0.29) is 11.6 Å². The Morgan fingerprint density at radius 1 is 1.00 bits per heavy atom. The number of nitro benzene ring substituents is 1. The number of anilines is 2. The molecule has 3 aromatic rings. The van der Waals surface area contributed by atoms with Gasteiger partial charge in [0, 0.05) is 29.1 Å². The highest BCUT2D eigenvalue weighted by Crippen LogP contribution is 2.39. The number of nitrogens with zero attached hydrogens (tertiary/aromatic N) is 2. The van der Waals surface area contributed by atoms with Crippen LogP contribution in [0.1, 0.15) is 36.0 Å². The van der Waals surface area contributed by atoms with Crippen molar-refractivity contribution in [3.05, 3.63) is 99.6 Å². The summed E-state index contributed by atoms with van der Waals surface area (Å²) in [7, 11) is 0. The Morgan fingerprint density at radius 3 is 2.46 bits per heavy atom. The maximum atomic E-state index is 13.0. The number of nitro groups is 1. The second-order valence-corrected chi connectivity index (χ2v) is 9.03. The first-order valence-electron chi connectivity index (χ1n) is 12.1. The third kappa shape index (κ3) is 5.10. The van der Waals surface area contributed by atoms with Gasteiger partial charge in [-0.3, -0.25) is 14.9 Å². The van der Waals surface area contributed by atoms with Crippen molar-refractivity contribution in [3.63, 3.8) is 0 Å². The Hall–Kier alpha value is -3.97. The van der Waals surface area contributed by atoms with Crippen LogP contribution < -0.4 is 10.6 Å². The van der Waals surface area contributed by atoms with Crippen molar-refractivity contribution in [2.45, 2.75) is 25.7 Å². The molecule has 0 aromatic heterocycles. The molecule has 1 amide bonds. The van der Waals surface area contributed by atoms with Gasteiger partial charge in [0.2, 0.25) is 0 Å². The van der Waals surface area contributed by atoms with Gasteiger partial charge < -0.3 is 15.5 Å². The monoisotopic (exact) mass is 468 g/mol. The largest absolute Gasteiger partial charge is 0.354 e. The molecule has 2 N–H and O–H groups in total. The maximum Gasteiger partial charge on any atom is 0.270 e. The van der Waals surface area contributed by atoms with Gasteiger partial charge in [-0.1, -0.05) is 42.5 Å². The van der Waals surface area contributed by atoms with Crippen LogP contribution in [-0.4, -0.2) is 35.4 Å². The Bertz CT molecular complexity index is 1260. The topological polar surface area (TPSA) is 87.5 Å². The molecule has 1 fully saturated rings. The molecule has 0 radical (unpaired) electrons. The molecule has 2 heterocycles. The highest BCUT2D eigenvalue weighted by molar-refractivity contribution is 6.37. The molecule has 0 bridgehead atoms. The van der Waals surface area contributed by atoms with Gasteiger partial charge in [0.25, 0.3) is 11.6 Å². The molecule has 35 heavy (non-hydrogen) atoms. The van der Waals surface area contributed by atoms with Crippen molar-refractivity contribution in [1.82, 2.24) is 4.90 Å². The van der Waals surface area contributed by atoms with E-state index >= 15 is 0 Å². The van der Waals surface area contributed by atoms with Gasteiger partial charge in [-0.05, 0) is 74.6 Å². The van der Waals surface area contributed by atoms with Crippen molar-refractivity contribution >= 4 is 34.2 Å². The minimum absolute atomic E-state index is 0.0524. The third-order valence-electron chi connectivity index (χ3n) is 6.63. The van der Waals surface area contributed by atoms with Crippen molar-refractivity contribution < 1.29 is 9.72 Å². The van der Waals surface area contributed by atoms with Gasteiger partial charge >= 0.3 is 0 Å². The van der Waals surface area contributed by atoms with Gasteiger partial charge in [-0.2, -0.15) is 0 Å². The highest BCUT2D eigenvalue weighted by atomic mass is 16.6. The molecule has 0 aliphatic carbocycles. The van der Waals surface area contributed by atoms with Crippen LogP contribution in [0.5, 0.6) is 0 Å². The van der Waals surface area contributed by atoms with Crippen molar-refractivity contribution in [2.24, 2.45) is 0 Å². The number of carbonyl (C=O) groups is 1. The molecule has 0 spiro atoms. The molecule has 0 atom stereocenters. The number of amides is 1. The second-order valence-electron chi connectivity index (χ2n) is 9.03. The van der Waals surface area contributed by atoms with E-state index in [1.807, 2.05) is 42.5 Å². The minimum atomic E-state index is -0.446. The Balaban J connectivity index is 1.42. The SMILES string of the molecule is O=C1Nc2ccc([N+](=O)[O-])cc2/C1=C(/Nc1ccc(CCCN2CCCC2)cc1)c1ccccc1. The lowest BCUT2D eigenvalue weighted by molar-refractivity contribution is -0.384. The molecule has 7 heteroatoms. The summed E-state index contributed by atoms with van der Waals surface area (Å²) in [6.07, 6.45) is 4.80. The summed E-state index contributed by atoms with van der Waals surface area (Å²) in [4.78, 5) is 26.5. The van der Waals surface area contributed by atoms with Gasteiger partial charge in [-0.25, -0.2) is 0 Å². The Kier molecular flexibility index (Phi) is 6.59. The number of hydrogen-bond donors (Lipinski definition) is 2. The summed E-state index contributed by atoms with van der Waals surface area (Å²) in [5, 5.41) is 17.6. The molecule has 0 saturated carbocycles. The van der Waals surface area contributed by atoms with Gasteiger partial charge in [-0.15, -0.1) is 0 Å². The quantitative estimate of drug-likeness (QED) is 0.257. The van der Waals surface area contributed by atoms with Gasteiger partial charge in [0.15, 0.2) is 0 Å². The molecular formula is C28H28N4O3. The zero-order chi connectivity index (χ0) is 24.2. The average Bonchev–Trinajstić information content (AvgIpc) is 3.50. The smallest absolute Gasteiger partial charge is 0.270 e. The van der Waals surface area contributed by atoms with Crippen LogP contribution >= 0.6 is 0 Å². The molecule has 5 rings (SSSR count).